The van der Waals surface area contributed by atoms with Crippen LogP contribution in [-0.4, -0.2) is 49.6 Å². The number of aryl methyl sites for hydroxylation is 1. The Morgan fingerprint density at radius 3 is 2.65 bits per heavy atom. The maximum absolute atomic E-state index is 12.1. The van der Waals surface area contributed by atoms with E-state index in [0.717, 1.165) is 0 Å². The van der Waals surface area contributed by atoms with Crippen LogP contribution in [0.25, 0.3) is 11.4 Å². The number of benzene rings is 1. The number of nitrogens with one attached hydrogen (secondary N) is 1. The van der Waals surface area contributed by atoms with Gasteiger partial charge < -0.3 is 4.74 Å². The summed E-state index contributed by atoms with van der Waals surface area (Å²) in [5, 5.41) is 15.2. The molecule has 0 radical (unpaired) electrons. The summed E-state index contributed by atoms with van der Waals surface area (Å²) in [7, 11) is 1.51. The molecule has 0 aliphatic rings. The van der Waals surface area contributed by atoms with Gasteiger partial charge in [0.2, 0.25) is 0 Å². The number of rotatable bonds is 8. The Kier molecular flexibility index (Phi) is 8.16. The summed E-state index contributed by atoms with van der Waals surface area (Å²) >= 11 is 6.29. The van der Waals surface area contributed by atoms with Crippen molar-refractivity contribution in [3.8, 4) is 17.1 Å². The predicted molar refractivity (Wildman–Crippen MR) is 118 cm³/mol. The molecule has 2 aromatic heterocycles. The summed E-state index contributed by atoms with van der Waals surface area (Å²) < 4.78 is 17.4. The Balaban J connectivity index is 1.85. The maximum atomic E-state index is 12.1. The summed E-state index contributed by atoms with van der Waals surface area (Å²) in [5.41, 5.74) is 0.880. The van der Waals surface area contributed by atoms with Crippen LogP contribution in [0.15, 0.2) is 30.6 Å². The average Bonchev–Trinajstić information content (AvgIpc) is 3.25. The molecule has 11 nitrogen and oxygen atoms in total. The Morgan fingerprint density at radius 2 is 1.97 bits per heavy atom. The monoisotopic (exact) mass is 537 g/mol. The van der Waals surface area contributed by atoms with Crippen molar-refractivity contribution in [1.82, 2.24) is 25.0 Å². The van der Waals surface area contributed by atoms with Gasteiger partial charge in [-0.15, -0.1) is 0 Å². The minimum absolute atomic E-state index is 0.00680. The normalized spacial score (nSPS) is 11.1. The van der Waals surface area contributed by atoms with E-state index >= 15 is 0 Å². The van der Waals surface area contributed by atoms with Crippen molar-refractivity contribution in [3.05, 3.63) is 41.4 Å². The van der Waals surface area contributed by atoms with E-state index in [2.05, 4.69) is 25.6 Å². The topological polar surface area (TPSA) is 130 Å². The fraction of sp³-hybridized carbons (Fsp3) is 0.333. The van der Waals surface area contributed by atoms with Crippen molar-refractivity contribution in [1.29, 1.82) is 0 Å². The zero-order valence-electron chi connectivity index (χ0n) is 19.2. The number of methoxy groups -OCH3 is 1. The first-order valence-corrected chi connectivity index (χ1v) is 11.8. The minimum atomic E-state index is -0.618. The first kappa shape index (κ1) is 25.5. The van der Waals surface area contributed by atoms with E-state index in [-0.39, 0.29) is 23.2 Å². The van der Waals surface area contributed by atoms with E-state index in [1.165, 1.54) is 19.5 Å². The average molecular weight is 539 g/mol. The Bertz CT molecular complexity index is 1200. The molecule has 1 N–H and O–H groups in total. The summed E-state index contributed by atoms with van der Waals surface area (Å²) in [6.45, 7) is 5.76. The van der Waals surface area contributed by atoms with E-state index in [1.807, 2.05) is 20.8 Å². The second-order valence-corrected chi connectivity index (χ2v) is 9.03. The van der Waals surface area contributed by atoms with E-state index in [4.69, 9.17) is 24.6 Å². The zero-order valence-corrected chi connectivity index (χ0v) is 22.9. The van der Waals surface area contributed by atoms with Crippen LogP contribution in [0.5, 0.6) is 5.75 Å². The fourth-order valence-electron chi connectivity index (χ4n) is 2.98. The van der Waals surface area contributed by atoms with Gasteiger partial charge in [0.05, 0.1) is 6.42 Å². The Hall–Kier alpha value is -3.11. The molecule has 0 unspecified atom stereocenters. The first-order chi connectivity index (χ1) is 16.1. The van der Waals surface area contributed by atoms with Gasteiger partial charge in [-0.1, -0.05) is 0 Å². The van der Waals surface area contributed by atoms with Crippen LogP contribution < -0.4 is 10.1 Å². The molecule has 175 valence electrons. The van der Waals surface area contributed by atoms with Crippen LogP contribution in [-0.2, 0) is 38.3 Å². The van der Waals surface area contributed by atoms with Crippen molar-refractivity contribution in [3.63, 3.8) is 0 Å². The standard InChI is InChI=1S/C21H23ClN6O5.Zn/c1-21(2,3)33-16(29)8-9-28-11-23-19(27-28)12-6-5-7-13(18(12)32-4)24-14-10-15(22)25-26-17(14)20(30)31;/h5-7,10-11H,8-9H2,1-4H3,(H,24,25)(H,30,31);/q;+1/p-1. The van der Waals surface area contributed by atoms with Crippen molar-refractivity contribution < 1.29 is 41.3 Å². The number of esters is 1. The van der Waals surface area contributed by atoms with Gasteiger partial charge in [0.1, 0.15) is 5.60 Å². The van der Waals surface area contributed by atoms with Gasteiger partial charge in [-0.2, -0.15) is 0 Å². The molecule has 0 saturated heterocycles. The first-order valence-electron chi connectivity index (χ1n) is 10.2. The second kappa shape index (κ2) is 10.9. The van der Waals surface area contributed by atoms with Crippen molar-refractivity contribution in [2.75, 3.05) is 12.4 Å². The molecule has 0 fully saturated rings. The van der Waals surface area contributed by atoms with Gasteiger partial charge in [0, 0.05) is 0 Å². The summed E-state index contributed by atoms with van der Waals surface area (Å²) in [6.07, 6.45) is 1.69. The molecule has 1 aromatic carbocycles. The summed E-state index contributed by atoms with van der Waals surface area (Å²) in [6, 6.07) is 6.80. The van der Waals surface area contributed by atoms with E-state index in [9.17, 15) is 9.59 Å². The zero-order chi connectivity index (χ0) is 24.9. The van der Waals surface area contributed by atoms with Crippen LogP contribution in [0, 0.1) is 0 Å². The molecule has 3 aromatic rings. The molecular weight excluding hydrogens is 517 g/mol. The van der Waals surface area contributed by atoms with Crippen LogP contribution in [0.1, 0.15) is 37.7 Å². The third-order valence-corrected chi connectivity index (χ3v) is 5.05. The molecule has 13 heteroatoms. The summed E-state index contributed by atoms with van der Waals surface area (Å²) in [4.78, 5) is 28.4. The van der Waals surface area contributed by atoms with Crippen molar-refractivity contribution in [2.45, 2.75) is 39.3 Å². The number of carbonyl (C=O) groups is 2. The third kappa shape index (κ3) is 6.48. The number of para-hydroxylation sites is 1. The number of nitrogens with zero attached hydrogens (tertiary/aromatic N) is 5. The Labute approximate surface area is 211 Å². The van der Waals surface area contributed by atoms with Gasteiger partial charge in [-0.05, 0) is 20.8 Å². The number of carbonyl (C=O) groups excluding carboxylic acids is 2. The van der Waals surface area contributed by atoms with Crippen LogP contribution in [0.3, 0.4) is 0 Å². The molecule has 0 aliphatic carbocycles. The van der Waals surface area contributed by atoms with Gasteiger partial charge in [0.15, 0.2) is 0 Å². The van der Waals surface area contributed by atoms with Crippen molar-refractivity contribution >= 4 is 34.9 Å². The van der Waals surface area contributed by atoms with Crippen LogP contribution in [0.4, 0.5) is 11.4 Å². The summed E-state index contributed by atoms with van der Waals surface area (Å²) in [5.74, 6) is -0.104. The third-order valence-electron chi connectivity index (χ3n) is 4.32. The molecule has 2 heterocycles. The van der Waals surface area contributed by atoms with Crippen molar-refractivity contribution in [2.24, 2.45) is 0 Å². The van der Waals surface area contributed by atoms with Crippen LogP contribution in [0.2, 0.25) is 5.15 Å². The van der Waals surface area contributed by atoms with Crippen LogP contribution >= 0.6 is 11.6 Å². The number of anilines is 2. The molecule has 0 spiro atoms. The quantitative estimate of drug-likeness (QED) is 0.335. The number of halogens is 1. The number of ether oxygens (including phenoxy) is 2. The molecule has 0 saturated carbocycles. The number of aromatic nitrogens is 5. The predicted octanol–water partition coefficient (Wildman–Crippen LogP) is 3.49. The van der Waals surface area contributed by atoms with Gasteiger partial charge in [0.25, 0.3) is 0 Å². The second-order valence-electron chi connectivity index (χ2n) is 8.04. The molecule has 0 atom stereocenters. The Morgan fingerprint density at radius 1 is 1.21 bits per heavy atom. The molecule has 3 rings (SSSR count). The molecule has 0 aliphatic heterocycles. The molecule has 0 bridgehead atoms. The van der Waals surface area contributed by atoms with E-state index < -0.39 is 11.6 Å². The van der Waals surface area contributed by atoms with E-state index in [1.54, 1.807) is 22.9 Å². The molecular formula is C21H22ClN6O5Zn. The van der Waals surface area contributed by atoms with Gasteiger partial charge >= 0.3 is 169 Å². The molecule has 34 heavy (non-hydrogen) atoms. The van der Waals surface area contributed by atoms with E-state index in [0.29, 0.717) is 53.7 Å². The van der Waals surface area contributed by atoms with Gasteiger partial charge in [-0.25, -0.2) is 0 Å². The molecule has 0 amide bonds. The SMILES string of the molecule is COc1c(Nc2cc(Cl)nnc2C(=O)[O][Zn])cccc1-c1ncn(CCC(=O)OC(C)(C)C)n1. The number of hydrogen-bond donors (Lipinski definition) is 1. The fourth-order valence-corrected chi connectivity index (χ4v) is 3.42. The number of hydrogen-bond acceptors (Lipinski definition) is 10. The van der Waals surface area contributed by atoms with Gasteiger partial charge in [-0.3, -0.25) is 4.79 Å².